The average Bonchev–Trinajstić information content (AvgIpc) is 2.44. The monoisotopic (exact) mass is 221 g/mol. The normalized spacial score (nSPS) is 27.3. The Morgan fingerprint density at radius 1 is 1.60 bits per heavy atom. The third-order valence-corrected chi connectivity index (χ3v) is 1.77. The third kappa shape index (κ3) is 2.19. The van der Waals surface area contributed by atoms with E-state index in [2.05, 4.69) is 9.57 Å². The second-order valence-corrected chi connectivity index (χ2v) is 2.73. The molecule has 1 heterocycles. The van der Waals surface area contributed by atoms with E-state index in [-0.39, 0.29) is 0 Å². The number of aliphatic hydroxyl groups excluding tert-OH is 2. The van der Waals surface area contributed by atoms with Crippen LogP contribution in [0.15, 0.2) is 0 Å². The van der Waals surface area contributed by atoms with Crippen molar-refractivity contribution in [3.63, 3.8) is 0 Å². The molecule has 1 saturated heterocycles. The van der Waals surface area contributed by atoms with Crippen molar-refractivity contribution in [3.05, 3.63) is 10.1 Å². The molecule has 0 bridgehead atoms. The number of hydrogen-bond acceptors (Lipinski definition) is 8. The van der Waals surface area contributed by atoms with Crippen molar-refractivity contribution in [2.75, 3.05) is 6.61 Å². The van der Waals surface area contributed by atoms with Gasteiger partial charge in [0, 0.05) is 0 Å². The van der Waals surface area contributed by atoms with Crippen LogP contribution in [0.25, 0.3) is 0 Å². The first-order valence-electron chi connectivity index (χ1n) is 3.82. The molecule has 2 N–H and O–H groups in total. The number of ether oxygens (including phenoxy) is 1. The van der Waals surface area contributed by atoms with Crippen LogP contribution in [0, 0.1) is 10.1 Å². The fourth-order valence-corrected chi connectivity index (χ4v) is 1.09. The molecule has 1 unspecified atom stereocenters. The lowest BCUT2D eigenvalue weighted by atomic mass is 10.1. The molecule has 9 heteroatoms. The molecule has 9 nitrogen and oxygen atoms in total. The Bertz CT molecular complexity index is 302. The van der Waals surface area contributed by atoms with Crippen molar-refractivity contribution >= 4 is 11.8 Å². The number of nitrogens with zero attached hydrogens (tertiary/aromatic N) is 1. The van der Waals surface area contributed by atoms with Crippen molar-refractivity contribution in [1.82, 2.24) is 0 Å². The molecule has 0 radical (unpaired) electrons. The van der Waals surface area contributed by atoms with E-state index in [1.807, 2.05) is 0 Å². The minimum absolute atomic E-state index is 0.817. The molecule has 1 aliphatic rings. The number of Topliss-reactive ketones (excluding diaryl/α,β-unsaturated/α-hetero) is 1. The Hall–Kier alpha value is -1.74. The summed E-state index contributed by atoms with van der Waals surface area (Å²) in [7, 11) is 0. The van der Waals surface area contributed by atoms with E-state index in [1.54, 1.807) is 0 Å². The third-order valence-electron chi connectivity index (χ3n) is 1.77. The molecule has 84 valence electrons. The van der Waals surface area contributed by atoms with E-state index in [1.165, 1.54) is 0 Å². The van der Waals surface area contributed by atoms with E-state index in [4.69, 9.17) is 10.2 Å². The number of aliphatic hydroxyl groups is 2. The predicted molar refractivity (Wildman–Crippen MR) is 39.8 cm³/mol. The molecule has 3 atom stereocenters. The fraction of sp³-hybridized carbons (Fsp3) is 0.667. The van der Waals surface area contributed by atoms with Gasteiger partial charge >= 0.3 is 5.97 Å². The first kappa shape index (κ1) is 11.3. The Morgan fingerprint density at radius 2 is 2.20 bits per heavy atom. The van der Waals surface area contributed by atoms with Crippen LogP contribution in [0.5, 0.6) is 0 Å². The quantitative estimate of drug-likeness (QED) is 0.228. The lowest BCUT2D eigenvalue weighted by Crippen LogP contribution is -2.41. The SMILES string of the molecule is O=C1O[C@H]([C@@H](O)CO)C(O[N+](=O)[O-])C1=O. The van der Waals surface area contributed by atoms with Crippen molar-refractivity contribution < 1.29 is 34.5 Å². The summed E-state index contributed by atoms with van der Waals surface area (Å²) < 4.78 is 4.31. The highest BCUT2D eigenvalue weighted by Crippen LogP contribution is 2.18. The van der Waals surface area contributed by atoms with Gasteiger partial charge in [-0.1, -0.05) is 0 Å². The maximum atomic E-state index is 11.0. The van der Waals surface area contributed by atoms with Crippen LogP contribution in [-0.2, 0) is 19.2 Å². The van der Waals surface area contributed by atoms with Crippen molar-refractivity contribution in [3.8, 4) is 0 Å². The van der Waals surface area contributed by atoms with Crippen LogP contribution in [0.4, 0.5) is 0 Å². The molecule has 0 aromatic carbocycles. The first-order chi connectivity index (χ1) is 6.97. The molecule has 0 saturated carbocycles. The van der Waals surface area contributed by atoms with Gasteiger partial charge in [-0.25, -0.2) is 4.79 Å². The number of ketones is 1. The van der Waals surface area contributed by atoms with E-state index in [9.17, 15) is 19.7 Å². The molecule has 0 spiro atoms. The zero-order chi connectivity index (χ0) is 11.6. The number of esters is 1. The standard InChI is InChI=1S/C6H7NO8/c8-1-2(9)4-5(15-7(12)13)3(10)6(11)14-4/h2,4-5,8-9H,1H2/t2-,4+,5?/m0/s1. The van der Waals surface area contributed by atoms with Gasteiger partial charge in [0.2, 0.25) is 6.10 Å². The van der Waals surface area contributed by atoms with Gasteiger partial charge in [0.1, 0.15) is 6.10 Å². The molecular weight excluding hydrogens is 214 g/mol. The average molecular weight is 221 g/mol. The second-order valence-electron chi connectivity index (χ2n) is 2.73. The Labute approximate surface area is 82.3 Å². The predicted octanol–water partition coefficient (Wildman–Crippen LogP) is -2.59. The second kappa shape index (κ2) is 4.19. The maximum Gasteiger partial charge on any atom is 0.377 e. The van der Waals surface area contributed by atoms with Crippen LogP contribution < -0.4 is 0 Å². The van der Waals surface area contributed by atoms with E-state index < -0.39 is 41.8 Å². The molecule has 0 aromatic heterocycles. The van der Waals surface area contributed by atoms with Gasteiger partial charge in [0.05, 0.1) is 6.61 Å². The molecule has 15 heavy (non-hydrogen) atoms. The largest absolute Gasteiger partial charge is 0.451 e. The highest BCUT2D eigenvalue weighted by Gasteiger charge is 2.49. The summed E-state index contributed by atoms with van der Waals surface area (Å²) in [6, 6.07) is 0. The topological polar surface area (TPSA) is 136 Å². The van der Waals surface area contributed by atoms with Gasteiger partial charge in [-0.3, -0.25) is 9.63 Å². The van der Waals surface area contributed by atoms with E-state index in [0.29, 0.717) is 0 Å². The number of cyclic esters (lactones) is 1. The van der Waals surface area contributed by atoms with Crippen molar-refractivity contribution in [1.29, 1.82) is 0 Å². The number of carbonyl (C=O) groups excluding carboxylic acids is 2. The molecule has 1 rings (SSSR count). The van der Waals surface area contributed by atoms with Crippen molar-refractivity contribution in [2.24, 2.45) is 0 Å². The van der Waals surface area contributed by atoms with Crippen LogP contribution in [0.1, 0.15) is 0 Å². The molecule has 0 aromatic rings. The number of hydrogen-bond donors (Lipinski definition) is 2. The van der Waals surface area contributed by atoms with Gasteiger partial charge in [0.25, 0.3) is 10.9 Å². The van der Waals surface area contributed by atoms with Gasteiger partial charge in [0.15, 0.2) is 6.10 Å². The summed E-state index contributed by atoms with van der Waals surface area (Å²) >= 11 is 0. The minimum Gasteiger partial charge on any atom is -0.451 e. The lowest BCUT2D eigenvalue weighted by molar-refractivity contribution is -0.765. The van der Waals surface area contributed by atoms with Crippen molar-refractivity contribution in [2.45, 2.75) is 18.3 Å². The summed E-state index contributed by atoms with van der Waals surface area (Å²) in [5, 5.41) is 26.3. The summed E-state index contributed by atoms with van der Waals surface area (Å²) in [5.41, 5.74) is 0. The molecule has 0 amide bonds. The van der Waals surface area contributed by atoms with Crippen LogP contribution >= 0.6 is 0 Å². The molecular formula is C6H7NO8. The minimum atomic E-state index is -1.82. The number of rotatable bonds is 4. The summed E-state index contributed by atoms with van der Waals surface area (Å²) in [6.45, 7) is -0.817. The van der Waals surface area contributed by atoms with E-state index in [0.717, 1.165) is 0 Å². The maximum absolute atomic E-state index is 11.0. The molecule has 1 aliphatic heterocycles. The summed E-state index contributed by atoms with van der Waals surface area (Å²) in [5.74, 6) is -2.59. The summed E-state index contributed by atoms with van der Waals surface area (Å²) in [4.78, 5) is 35.6. The fourth-order valence-electron chi connectivity index (χ4n) is 1.09. The lowest BCUT2D eigenvalue weighted by Gasteiger charge is -2.18. The zero-order valence-corrected chi connectivity index (χ0v) is 7.23. The smallest absolute Gasteiger partial charge is 0.377 e. The van der Waals surface area contributed by atoms with Crippen LogP contribution in [0.3, 0.4) is 0 Å². The number of carbonyl (C=O) groups is 2. The Morgan fingerprint density at radius 3 is 2.67 bits per heavy atom. The van der Waals surface area contributed by atoms with Gasteiger partial charge in [-0.05, 0) is 0 Å². The van der Waals surface area contributed by atoms with Gasteiger partial charge in [-0.2, -0.15) is 0 Å². The van der Waals surface area contributed by atoms with Crippen LogP contribution in [-0.4, -0.2) is 52.0 Å². The van der Waals surface area contributed by atoms with Gasteiger partial charge in [-0.15, -0.1) is 10.1 Å². The van der Waals surface area contributed by atoms with Crippen LogP contribution in [0.2, 0.25) is 0 Å². The highest BCUT2D eigenvalue weighted by atomic mass is 17.0. The Balaban J connectivity index is 2.81. The van der Waals surface area contributed by atoms with Gasteiger partial charge < -0.3 is 14.9 Å². The highest BCUT2D eigenvalue weighted by molar-refractivity contribution is 6.37. The molecule has 1 fully saturated rings. The zero-order valence-electron chi connectivity index (χ0n) is 7.23. The Kier molecular flexibility index (Phi) is 3.17. The first-order valence-corrected chi connectivity index (χ1v) is 3.82. The van der Waals surface area contributed by atoms with E-state index >= 15 is 0 Å². The molecule has 0 aliphatic carbocycles. The summed E-state index contributed by atoms with van der Waals surface area (Å²) in [6.07, 6.45) is -4.99.